The summed E-state index contributed by atoms with van der Waals surface area (Å²) in [5, 5.41) is 1.12. The van der Waals surface area contributed by atoms with E-state index in [0.29, 0.717) is 0 Å². The smallest absolute Gasteiger partial charge is 0.367 e. The Morgan fingerprint density at radius 3 is 1.27 bits per heavy atom. The number of rotatable bonds is 7. The SMILES string of the molecule is Cc1cc(C)c([Si](OC(C)C)(OC(C)C)OC(C)C)c(C)c1. The highest BCUT2D eigenvalue weighted by Gasteiger charge is 2.48. The van der Waals surface area contributed by atoms with Crippen LogP contribution in [0.1, 0.15) is 58.2 Å². The van der Waals surface area contributed by atoms with Crippen LogP contribution in [-0.2, 0) is 13.3 Å². The third-order valence-electron chi connectivity index (χ3n) is 3.16. The molecule has 1 rings (SSSR count). The first-order valence-electron chi connectivity index (χ1n) is 8.19. The van der Waals surface area contributed by atoms with E-state index in [1.807, 2.05) is 41.5 Å². The van der Waals surface area contributed by atoms with Crippen molar-refractivity contribution in [2.45, 2.75) is 80.6 Å². The van der Waals surface area contributed by atoms with Gasteiger partial charge in [-0.3, -0.25) is 0 Å². The summed E-state index contributed by atoms with van der Waals surface area (Å²) in [7, 11) is -2.97. The Kier molecular flexibility index (Phi) is 6.80. The molecule has 22 heavy (non-hydrogen) atoms. The molecule has 0 aliphatic heterocycles. The van der Waals surface area contributed by atoms with Gasteiger partial charge in [-0.15, -0.1) is 0 Å². The fraction of sp³-hybridized carbons (Fsp3) is 0.667. The van der Waals surface area contributed by atoms with Crippen LogP contribution in [0.3, 0.4) is 0 Å². The zero-order chi connectivity index (χ0) is 17.1. The second-order valence-corrected chi connectivity index (χ2v) is 9.15. The lowest BCUT2D eigenvalue weighted by atomic mass is 10.1. The van der Waals surface area contributed by atoms with E-state index < -0.39 is 8.80 Å². The maximum Gasteiger partial charge on any atom is 0.538 e. The summed E-state index contributed by atoms with van der Waals surface area (Å²) < 4.78 is 19.0. The van der Waals surface area contributed by atoms with Gasteiger partial charge in [0.05, 0.1) is 0 Å². The molecular weight excluding hydrogens is 292 g/mol. The summed E-state index contributed by atoms with van der Waals surface area (Å²) in [6, 6.07) is 4.36. The minimum Gasteiger partial charge on any atom is -0.367 e. The van der Waals surface area contributed by atoms with E-state index in [1.54, 1.807) is 0 Å². The monoisotopic (exact) mass is 324 g/mol. The van der Waals surface area contributed by atoms with Crippen LogP contribution in [0.4, 0.5) is 0 Å². The van der Waals surface area contributed by atoms with Crippen LogP contribution in [0.5, 0.6) is 0 Å². The molecule has 0 N–H and O–H groups in total. The number of benzene rings is 1. The zero-order valence-electron chi connectivity index (χ0n) is 15.6. The standard InChI is InChI=1S/C18H32O3Si/c1-12(2)19-22(20-13(3)4,21-14(5)6)18-16(8)10-15(7)11-17(18)9/h10-14H,1-9H3. The highest BCUT2D eigenvalue weighted by Crippen LogP contribution is 2.22. The molecule has 1 aromatic carbocycles. The summed E-state index contributed by atoms with van der Waals surface area (Å²) in [4.78, 5) is 0. The lowest BCUT2D eigenvalue weighted by Crippen LogP contribution is -2.61. The van der Waals surface area contributed by atoms with Crippen molar-refractivity contribution in [1.82, 2.24) is 0 Å². The Balaban J connectivity index is 3.52. The number of hydrogen-bond donors (Lipinski definition) is 0. The summed E-state index contributed by atoms with van der Waals surface area (Å²) in [5.41, 5.74) is 3.62. The van der Waals surface area contributed by atoms with E-state index in [2.05, 4.69) is 32.9 Å². The second kappa shape index (κ2) is 7.73. The van der Waals surface area contributed by atoms with Crippen LogP contribution in [0.15, 0.2) is 12.1 Å². The Labute approximate surface area is 137 Å². The summed E-state index contributed by atoms with van der Waals surface area (Å²) in [6.45, 7) is 18.6. The average Bonchev–Trinajstić information content (AvgIpc) is 2.22. The predicted molar refractivity (Wildman–Crippen MR) is 94.7 cm³/mol. The fourth-order valence-corrected chi connectivity index (χ4v) is 6.35. The molecule has 0 unspecified atom stereocenters. The van der Waals surface area contributed by atoms with Crippen LogP contribution in [0.25, 0.3) is 0 Å². The largest absolute Gasteiger partial charge is 0.538 e. The van der Waals surface area contributed by atoms with Gasteiger partial charge in [-0.1, -0.05) is 17.7 Å². The molecule has 1 aromatic rings. The molecule has 0 heterocycles. The Hall–Kier alpha value is -0.683. The molecule has 0 fully saturated rings. The van der Waals surface area contributed by atoms with Crippen LogP contribution >= 0.6 is 0 Å². The van der Waals surface area contributed by atoms with Gasteiger partial charge in [0.15, 0.2) is 0 Å². The molecule has 126 valence electrons. The molecular formula is C18H32O3Si. The molecule has 0 saturated heterocycles. The maximum absolute atomic E-state index is 6.34. The van der Waals surface area contributed by atoms with Gasteiger partial charge in [-0.25, -0.2) is 0 Å². The molecule has 3 nitrogen and oxygen atoms in total. The molecule has 0 aliphatic carbocycles. The predicted octanol–water partition coefficient (Wildman–Crippen LogP) is 4.03. The van der Waals surface area contributed by atoms with Gasteiger partial charge in [0.25, 0.3) is 0 Å². The molecule has 4 heteroatoms. The molecule has 0 amide bonds. The normalized spacial score (nSPS) is 12.7. The van der Waals surface area contributed by atoms with Crippen molar-refractivity contribution in [3.8, 4) is 0 Å². The van der Waals surface area contributed by atoms with Crippen LogP contribution in [0, 0.1) is 20.8 Å². The van der Waals surface area contributed by atoms with Crippen molar-refractivity contribution >= 4 is 14.0 Å². The Morgan fingerprint density at radius 1 is 0.682 bits per heavy atom. The lowest BCUT2D eigenvalue weighted by molar-refractivity contribution is 0.0152. The van der Waals surface area contributed by atoms with Gasteiger partial charge >= 0.3 is 8.80 Å². The van der Waals surface area contributed by atoms with Gasteiger partial charge in [-0.05, 0) is 73.4 Å². The van der Waals surface area contributed by atoms with Gasteiger partial charge in [0.2, 0.25) is 0 Å². The third-order valence-corrected chi connectivity index (χ3v) is 6.90. The minimum atomic E-state index is -2.97. The minimum absolute atomic E-state index is 0.0456. The van der Waals surface area contributed by atoms with E-state index in [1.165, 1.54) is 16.7 Å². The van der Waals surface area contributed by atoms with Crippen molar-refractivity contribution in [2.24, 2.45) is 0 Å². The highest BCUT2D eigenvalue weighted by atomic mass is 28.4. The van der Waals surface area contributed by atoms with E-state index in [9.17, 15) is 0 Å². The molecule has 0 aromatic heterocycles. The van der Waals surface area contributed by atoms with Gasteiger partial charge in [0, 0.05) is 23.5 Å². The van der Waals surface area contributed by atoms with Crippen molar-refractivity contribution in [3.05, 3.63) is 28.8 Å². The van der Waals surface area contributed by atoms with Gasteiger partial charge < -0.3 is 13.3 Å². The quantitative estimate of drug-likeness (QED) is 0.709. The van der Waals surface area contributed by atoms with Crippen molar-refractivity contribution < 1.29 is 13.3 Å². The molecule has 0 aliphatic rings. The summed E-state index contributed by atoms with van der Waals surface area (Å²) in [5.74, 6) is 0. The van der Waals surface area contributed by atoms with Crippen molar-refractivity contribution in [1.29, 1.82) is 0 Å². The molecule has 0 spiro atoms. The number of aryl methyl sites for hydroxylation is 3. The van der Waals surface area contributed by atoms with E-state index in [0.717, 1.165) is 5.19 Å². The Morgan fingerprint density at radius 2 is 1.00 bits per heavy atom. The molecule has 0 atom stereocenters. The topological polar surface area (TPSA) is 27.7 Å². The van der Waals surface area contributed by atoms with E-state index >= 15 is 0 Å². The van der Waals surface area contributed by atoms with E-state index in [4.69, 9.17) is 13.3 Å². The lowest BCUT2D eigenvalue weighted by Gasteiger charge is -2.36. The van der Waals surface area contributed by atoms with Crippen LogP contribution in [0.2, 0.25) is 0 Å². The average molecular weight is 325 g/mol. The third kappa shape index (κ3) is 4.91. The first-order chi connectivity index (χ1) is 10.1. The molecule has 0 radical (unpaired) electrons. The highest BCUT2D eigenvalue weighted by molar-refractivity contribution is 6.76. The summed E-state index contributed by atoms with van der Waals surface area (Å²) in [6.07, 6.45) is 0.137. The number of hydrogen-bond acceptors (Lipinski definition) is 3. The molecule has 0 bridgehead atoms. The fourth-order valence-electron chi connectivity index (χ4n) is 2.85. The van der Waals surface area contributed by atoms with Gasteiger partial charge in [0.1, 0.15) is 0 Å². The Bertz CT molecular complexity index is 446. The van der Waals surface area contributed by atoms with Crippen LogP contribution < -0.4 is 5.19 Å². The van der Waals surface area contributed by atoms with Gasteiger partial charge in [-0.2, -0.15) is 0 Å². The zero-order valence-corrected chi connectivity index (χ0v) is 16.6. The first-order valence-corrected chi connectivity index (χ1v) is 9.91. The van der Waals surface area contributed by atoms with Crippen molar-refractivity contribution in [3.63, 3.8) is 0 Å². The molecule has 0 saturated carbocycles. The van der Waals surface area contributed by atoms with Crippen LogP contribution in [-0.4, -0.2) is 27.1 Å². The maximum atomic E-state index is 6.34. The summed E-state index contributed by atoms with van der Waals surface area (Å²) >= 11 is 0. The van der Waals surface area contributed by atoms with E-state index in [-0.39, 0.29) is 18.3 Å². The first kappa shape index (κ1) is 19.4. The van der Waals surface area contributed by atoms with Crippen molar-refractivity contribution in [2.75, 3.05) is 0 Å². The second-order valence-electron chi connectivity index (χ2n) is 6.83.